The summed E-state index contributed by atoms with van der Waals surface area (Å²) >= 11 is 0. The first-order valence-corrected chi connectivity index (χ1v) is 24.6. The number of rotatable bonds is 9. The molecule has 26 heteroatoms. The topological polar surface area (TPSA) is 242 Å². The second kappa shape index (κ2) is 27.7. The number of ether oxygens (including phenoxy) is 2. The van der Waals surface area contributed by atoms with Gasteiger partial charge >= 0.3 is 159 Å². The van der Waals surface area contributed by atoms with Crippen LogP contribution in [0.4, 0.5) is 0 Å². The molecule has 0 saturated carbocycles. The van der Waals surface area contributed by atoms with Crippen molar-refractivity contribution in [2.45, 2.75) is 173 Å². The van der Waals surface area contributed by atoms with Gasteiger partial charge in [-0.1, -0.05) is 17.7 Å². The normalized spacial score (nSPS) is 22.7. The number of aliphatic hydroxyl groups excluding tert-OH is 1. The van der Waals surface area contributed by atoms with Gasteiger partial charge in [0.2, 0.25) is 0 Å². The number of carbonyl (C=O) groups is 1. The first-order valence-electron chi connectivity index (χ1n) is 23.2. The van der Waals surface area contributed by atoms with E-state index in [1.54, 1.807) is 36.7 Å². The van der Waals surface area contributed by atoms with Crippen LogP contribution in [0.25, 0.3) is 0 Å². The van der Waals surface area contributed by atoms with Crippen LogP contribution in [0.15, 0.2) is 66.3 Å². The monoisotopic (exact) mass is 1250 g/mol. The number of aromatic nitrogens is 6. The van der Waals surface area contributed by atoms with E-state index in [1.165, 1.54) is 12.4 Å². The average molecular weight is 1250 g/mol. The van der Waals surface area contributed by atoms with E-state index in [2.05, 4.69) is 53.0 Å². The number of nitrogens with zero attached hydrogens (tertiary/aromatic N) is 5. The maximum absolute atomic E-state index is 12.6. The molecule has 1 aromatic carbocycles. The van der Waals surface area contributed by atoms with E-state index in [0.717, 1.165) is 66.0 Å². The summed E-state index contributed by atoms with van der Waals surface area (Å²) in [6.07, 6.45) is 15.1. The fourth-order valence-corrected chi connectivity index (χ4v) is 8.23. The first kappa shape index (κ1) is 65.5. The van der Waals surface area contributed by atoms with Gasteiger partial charge in [0.25, 0.3) is 16.5 Å². The van der Waals surface area contributed by atoms with Gasteiger partial charge < -0.3 is 54.1 Å². The predicted molar refractivity (Wildman–Crippen MR) is 257 cm³/mol. The summed E-state index contributed by atoms with van der Waals surface area (Å²) < 4.78 is 74.4. The van der Waals surface area contributed by atoms with Crippen molar-refractivity contribution in [1.29, 1.82) is 0 Å². The van der Waals surface area contributed by atoms with Gasteiger partial charge in [-0.25, -0.2) is 0 Å². The summed E-state index contributed by atoms with van der Waals surface area (Å²) in [6.45, 7) is 28.6. The molecular formula is C45H71B3Cs2N6O14S. The van der Waals surface area contributed by atoms with Crippen LogP contribution in [0.3, 0.4) is 0 Å². The van der Waals surface area contributed by atoms with Crippen LogP contribution in [-0.2, 0) is 63.7 Å². The van der Waals surface area contributed by atoms with Gasteiger partial charge in [0, 0.05) is 66.8 Å². The number of H-pyrrole nitrogens is 1. The van der Waals surface area contributed by atoms with E-state index in [4.69, 9.17) is 52.6 Å². The fourth-order valence-electron chi connectivity index (χ4n) is 7.10. The second-order valence-electron chi connectivity index (χ2n) is 20.4. The van der Waals surface area contributed by atoms with Gasteiger partial charge in [0.1, 0.15) is 0 Å². The van der Waals surface area contributed by atoms with Crippen molar-refractivity contribution in [3.05, 3.63) is 67.0 Å². The molecule has 0 spiro atoms. The molecular weight excluding hydrogens is 1180 g/mol. The largest absolute Gasteiger partial charge is 1.00 e. The van der Waals surface area contributed by atoms with E-state index in [1.807, 2.05) is 79.4 Å². The predicted octanol–water partition coefficient (Wildman–Crippen LogP) is -3.49. The molecule has 0 unspecified atom stereocenters. The zero-order valence-corrected chi connectivity index (χ0v) is 57.7. The van der Waals surface area contributed by atoms with Gasteiger partial charge in [-0.3, -0.25) is 14.6 Å². The average Bonchev–Trinajstić information content (AvgIpc) is 4.14. The number of benzene rings is 1. The van der Waals surface area contributed by atoms with Crippen molar-refractivity contribution in [2.75, 3.05) is 19.8 Å². The Kier molecular flexibility index (Phi) is 25.5. The molecule has 2 atom stereocenters. The SMILES string of the molecule is CC1(C)OB(c2cn[nH]c2)OC1(C)C.CC1(C)OB(c2cnn(C[C@@H]3CCCO3)c2)OC1(C)C.Cc1ccc(S(=O)(=O)n2cc(B3OC(C)(C)C(C)(C)O3)cn2)cc1.O=CO[O-].OC[C@@H]1CCCO1.[Cs+].[Cs+].[H-]. The number of aromatic amines is 1. The van der Waals surface area contributed by atoms with Crippen molar-refractivity contribution >= 4 is 54.2 Å². The molecule has 2 N–H and O–H groups in total. The van der Waals surface area contributed by atoms with E-state index >= 15 is 0 Å². The van der Waals surface area contributed by atoms with Gasteiger partial charge in [0.15, 0.2) is 0 Å². The molecule has 5 saturated heterocycles. The van der Waals surface area contributed by atoms with Crippen LogP contribution in [0.2, 0.25) is 0 Å². The van der Waals surface area contributed by atoms with E-state index in [9.17, 15) is 8.42 Å². The van der Waals surface area contributed by atoms with Gasteiger partial charge in [-0.05, 0) is 128 Å². The Morgan fingerprint density at radius 1 is 0.718 bits per heavy atom. The summed E-state index contributed by atoms with van der Waals surface area (Å²) in [5.41, 5.74) is 1.31. The summed E-state index contributed by atoms with van der Waals surface area (Å²) in [5, 5.41) is 31.9. The molecule has 5 aliphatic heterocycles. The molecule has 5 fully saturated rings. The van der Waals surface area contributed by atoms with Crippen LogP contribution in [0.1, 0.15) is 116 Å². The number of aliphatic hydroxyl groups is 1. The third-order valence-electron chi connectivity index (χ3n) is 13.6. The molecule has 3 aromatic heterocycles. The molecule has 71 heavy (non-hydrogen) atoms. The molecule has 0 bridgehead atoms. The Hall–Kier alpha value is 0.169. The molecule has 8 heterocycles. The van der Waals surface area contributed by atoms with Crippen molar-refractivity contribution in [3.8, 4) is 0 Å². The van der Waals surface area contributed by atoms with Gasteiger partial charge in [0.05, 0.1) is 63.9 Å². The second-order valence-corrected chi connectivity index (χ2v) is 22.2. The van der Waals surface area contributed by atoms with Crippen molar-refractivity contribution in [2.24, 2.45) is 0 Å². The zero-order valence-electron chi connectivity index (χ0n) is 45.3. The number of aryl methyl sites for hydroxylation is 1. The van der Waals surface area contributed by atoms with Crippen LogP contribution in [0.5, 0.6) is 0 Å². The summed E-state index contributed by atoms with van der Waals surface area (Å²) in [4.78, 5) is 11.4. The molecule has 5 aliphatic rings. The zero-order chi connectivity index (χ0) is 51.1. The quantitative estimate of drug-likeness (QED) is 0.0716. The van der Waals surface area contributed by atoms with E-state index < -0.39 is 28.3 Å². The molecule has 4 aromatic rings. The minimum absolute atomic E-state index is 0. The van der Waals surface area contributed by atoms with Crippen LogP contribution < -0.4 is 159 Å². The molecule has 20 nitrogen and oxygen atoms in total. The Morgan fingerprint density at radius 2 is 1.14 bits per heavy atom. The van der Waals surface area contributed by atoms with E-state index in [0.29, 0.717) is 11.6 Å². The summed E-state index contributed by atoms with van der Waals surface area (Å²) in [5.74, 6) is 0. The molecule has 0 radical (unpaired) electrons. The number of nitrogens with one attached hydrogen (secondary N) is 1. The van der Waals surface area contributed by atoms with Crippen LogP contribution in [-0.4, -0.2) is 136 Å². The number of hydrogen-bond donors (Lipinski definition) is 2. The van der Waals surface area contributed by atoms with Crippen molar-refractivity contribution in [1.82, 2.24) is 29.2 Å². The Bertz CT molecular complexity index is 2300. The Balaban J connectivity index is 0.000000335. The van der Waals surface area contributed by atoms with Gasteiger partial charge in [-0.2, -0.15) is 27.8 Å². The Morgan fingerprint density at radius 3 is 1.52 bits per heavy atom. The minimum Gasteiger partial charge on any atom is -1.00 e. The first-order chi connectivity index (χ1) is 32.2. The van der Waals surface area contributed by atoms with Crippen molar-refractivity contribution < 1.29 is 205 Å². The minimum atomic E-state index is -3.73. The molecule has 0 aliphatic carbocycles. The fraction of sp³-hybridized carbons (Fsp3) is 0.644. The summed E-state index contributed by atoms with van der Waals surface area (Å²) in [6, 6.07) is 6.65. The number of carbonyl (C=O) groups excluding carboxylic acids is 1. The Labute approximate surface area is 539 Å². The standard InChI is InChI=1S/C16H21BN2O4S.C14H23BN2O3.C9H15BN2O2.C5H10O2.CH2O3.2Cs.H/c1-12-6-8-14(9-7-12)24(20,21)19-11-13(10-18-19)17-22-15(2,3)16(4,5)23-17;1-13(2)14(3,4)20-15(19-13)11-8-16-17(9-11)10-12-6-5-7-18-12;1-8(2)9(3,4)14-10(13-8)7-5-11-12-6-7;6-4-5-2-1-3-7-5;2-1-4-3;;;/h6-11H,1-5H3;8-9,12H,5-7,10H2,1-4H3;5-6H,1-4H3,(H,11,12);5-6H,1-4H2;1,3H;;;/q;;;;;2*+1;-1/p-1/t;12-;;5-;;;;/m.0.0..../s1. The van der Waals surface area contributed by atoms with Crippen molar-refractivity contribution in [3.63, 3.8) is 0 Å². The van der Waals surface area contributed by atoms with Crippen LogP contribution >= 0.6 is 0 Å². The molecule has 382 valence electrons. The van der Waals surface area contributed by atoms with Crippen LogP contribution in [0, 0.1) is 6.92 Å². The molecule has 9 rings (SSSR count). The molecule has 0 amide bonds. The summed E-state index contributed by atoms with van der Waals surface area (Å²) in [7, 11) is -5.01. The third kappa shape index (κ3) is 17.3. The number of hydrogen-bond acceptors (Lipinski definition) is 17. The van der Waals surface area contributed by atoms with Gasteiger partial charge in [-0.15, -0.1) is 0 Å². The third-order valence-corrected chi connectivity index (χ3v) is 15.1. The smallest absolute Gasteiger partial charge is 1.00 e. The maximum Gasteiger partial charge on any atom is 1.00 e. The van der Waals surface area contributed by atoms with E-state index in [-0.39, 0.29) is 200 Å². The maximum atomic E-state index is 12.6.